The SMILES string of the molecule is COCCN1CCN(C[C@]2(OC)/C=C/C[C@H](C)[C@@H](C)S(=O)(=O)NC(=O)c3ccc4c(c3)N(C[C@@H]3CC[C@H]32)C[C@@]2(CCCc3cc(Cl)ccc32)CO4)CC1. The number of aryl methyl sites for hydroxylation is 1. The van der Waals surface area contributed by atoms with Gasteiger partial charge in [-0.05, 0) is 105 Å². The Balaban J connectivity index is 1.27. The number of hydrogen-bond donors (Lipinski definition) is 1. The molecule has 0 radical (unpaired) electrons. The molecule has 1 N–H and O–H groups in total. The monoisotopic (exact) mass is 768 g/mol. The minimum atomic E-state index is -3.96. The minimum absolute atomic E-state index is 0.221. The van der Waals surface area contributed by atoms with Crippen molar-refractivity contribution in [3.8, 4) is 5.75 Å². The average Bonchev–Trinajstić information content (AvgIpc) is 3.28. The first kappa shape index (κ1) is 38.6. The summed E-state index contributed by atoms with van der Waals surface area (Å²) in [6, 6.07) is 11.6. The Bertz CT molecular complexity index is 1780. The fraction of sp³-hybridized carbons (Fsp3) is 0.634. The molecule has 0 aromatic heterocycles. The van der Waals surface area contributed by atoms with Gasteiger partial charge in [-0.15, -0.1) is 0 Å². The van der Waals surface area contributed by atoms with Crippen molar-refractivity contribution in [2.45, 2.75) is 68.6 Å². The highest BCUT2D eigenvalue weighted by atomic mass is 35.5. The highest BCUT2D eigenvalue weighted by Crippen LogP contribution is 2.49. The third kappa shape index (κ3) is 7.89. The van der Waals surface area contributed by atoms with E-state index in [0.717, 1.165) is 102 Å². The predicted octanol–water partition coefficient (Wildman–Crippen LogP) is 5.53. The molecule has 2 fully saturated rings. The van der Waals surface area contributed by atoms with Gasteiger partial charge < -0.3 is 19.1 Å². The Morgan fingerprint density at radius 2 is 1.83 bits per heavy atom. The van der Waals surface area contributed by atoms with Crippen molar-refractivity contribution in [1.29, 1.82) is 0 Å². The summed E-state index contributed by atoms with van der Waals surface area (Å²) in [6.07, 6.45) is 10.1. The molecule has 0 unspecified atom stereocenters. The number of carbonyl (C=O) groups excluding carboxylic acids is 1. The standard InChI is InChI=1S/C41H57ClN4O6S/c1-29-7-5-16-41(51-4,27-45-19-17-44(18-20-45)21-22-50-3)36-12-9-33(36)25-46-26-40(15-6-8-31-23-34(42)11-13-35(31)40)28-52-38-14-10-32(24-37(38)46)39(47)43-53(48,49)30(29)2/h5,10-11,13-14,16,23-24,29-30,33,36H,6-9,12,15,17-22,25-28H2,1-4H3,(H,43,47)/b16-5+/t29-,30+,33-,36+,40-,41+/m0/s1. The van der Waals surface area contributed by atoms with Crippen LogP contribution in [0.2, 0.25) is 5.02 Å². The number of amides is 1. The van der Waals surface area contributed by atoms with Crippen LogP contribution in [0.5, 0.6) is 5.75 Å². The molecule has 10 nitrogen and oxygen atoms in total. The van der Waals surface area contributed by atoms with Gasteiger partial charge in [-0.2, -0.15) is 0 Å². The van der Waals surface area contributed by atoms with E-state index >= 15 is 0 Å². The molecule has 2 aromatic rings. The van der Waals surface area contributed by atoms with Crippen molar-refractivity contribution in [2.24, 2.45) is 17.8 Å². The number of fused-ring (bicyclic) bond motifs is 4. The number of nitrogens with zero attached hydrogens (tertiary/aromatic N) is 3. The first-order chi connectivity index (χ1) is 25.5. The van der Waals surface area contributed by atoms with E-state index < -0.39 is 26.8 Å². The van der Waals surface area contributed by atoms with Crippen LogP contribution in [0.3, 0.4) is 0 Å². The number of methoxy groups -OCH3 is 2. The maximum Gasteiger partial charge on any atom is 0.264 e. The zero-order valence-electron chi connectivity index (χ0n) is 31.8. The highest BCUT2D eigenvalue weighted by Gasteiger charge is 2.50. The number of piperazine rings is 1. The fourth-order valence-corrected chi connectivity index (χ4v) is 11.0. The summed E-state index contributed by atoms with van der Waals surface area (Å²) in [7, 11) is -0.356. The smallest absolute Gasteiger partial charge is 0.264 e. The molecule has 1 saturated carbocycles. The molecule has 7 rings (SSSR count). The van der Waals surface area contributed by atoms with Crippen molar-refractivity contribution in [2.75, 3.05) is 84.7 Å². The second-order valence-electron chi connectivity index (χ2n) is 16.3. The van der Waals surface area contributed by atoms with Gasteiger partial charge in [0.15, 0.2) is 0 Å². The normalized spacial score (nSPS) is 32.8. The zero-order valence-corrected chi connectivity index (χ0v) is 33.4. The summed E-state index contributed by atoms with van der Waals surface area (Å²) in [6.45, 7) is 12.0. The van der Waals surface area contributed by atoms with Crippen LogP contribution in [-0.4, -0.2) is 115 Å². The number of nitrogens with one attached hydrogen (secondary N) is 1. The quantitative estimate of drug-likeness (QED) is 0.381. The van der Waals surface area contributed by atoms with E-state index in [0.29, 0.717) is 30.3 Å². The van der Waals surface area contributed by atoms with Crippen LogP contribution in [0.15, 0.2) is 48.6 Å². The van der Waals surface area contributed by atoms with Crippen LogP contribution in [-0.2, 0) is 31.3 Å². The molecule has 12 heteroatoms. The zero-order chi connectivity index (χ0) is 37.4. The van der Waals surface area contributed by atoms with Gasteiger partial charge in [0.05, 0.1) is 24.2 Å². The Hall–Kier alpha value is -2.67. The maximum atomic E-state index is 13.6. The molecule has 53 heavy (non-hydrogen) atoms. The van der Waals surface area contributed by atoms with Gasteiger partial charge in [0.1, 0.15) is 11.4 Å². The first-order valence-corrected chi connectivity index (χ1v) is 21.4. The maximum absolute atomic E-state index is 13.6. The Morgan fingerprint density at radius 3 is 2.57 bits per heavy atom. The van der Waals surface area contributed by atoms with Crippen molar-refractivity contribution in [1.82, 2.24) is 14.5 Å². The van der Waals surface area contributed by atoms with Gasteiger partial charge in [0, 0.05) is 82.6 Å². The van der Waals surface area contributed by atoms with Crippen LogP contribution >= 0.6 is 11.6 Å². The topological polar surface area (TPSA) is 101 Å². The molecule has 3 aliphatic heterocycles. The van der Waals surface area contributed by atoms with Crippen molar-refractivity contribution < 1.29 is 27.4 Å². The third-order valence-corrected chi connectivity index (χ3v) is 15.3. The van der Waals surface area contributed by atoms with Gasteiger partial charge in [-0.25, -0.2) is 13.1 Å². The van der Waals surface area contributed by atoms with Gasteiger partial charge in [-0.1, -0.05) is 36.7 Å². The van der Waals surface area contributed by atoms with Crippen molar-refractivity contribution >= 4 is 33.2 Å². The largest absolute Gasteiger partial charge is 0.490 e. The van der Waals surface area contributed by atoms with Crippen LogP contribution in [0.1, 0.15) is 67.4 Å². The number of sulfonamides is 1. The van der Waals surface area contributed by atoms with Crippen molar-refractivity contribution in [3.05, 3.63) is 70.3 Å². The van der Waals surface area contributed by atoms with E-state index in [9.17, 15) is 13.2 Å². The van der Waals surface area contributed by atoms with E-state index in [-0.39, 0.29) is 17.3 Å². The van der Waals surface area contributed by atoms with E-state index in [1.807, 2.05) is 32.2 Å². The number of rotatable bonds is 6. The summed E-state index contributed by atoms with van der Waals surface area (Å²) in [5, 5.41) is -0.0337. The molecule has 2 bridgehead atoms. The fourth-order valence-electron chi connectivity index (χ4n) is 9.55. The highest BCUT2D eigenvalue weighted by molar-refractivity contribution is 7.90. The minimum Gasteiger partial charge on any atom is -0.490 e. The predicted molar refractivity (Wildman–Crippen MR) is 210 cm³/mol. The molecule has 1 amide bonds. The lowest BCUT2D eigenvalue weighted by Gasteiger charge is -2.52. The average molecular weight is 769 g/mol. The molecule has 1 spiro atoms. The lowest BCUT2D eigenvalue weighted by Crippen LogP contribution is -2.59. The molecule has 5 aliphatic rings. The van der Waals surface area contributed by atoms with Crippen LogP contribution < -0.4 is 14.4 Å². The first-order valence-electron chi connectivity index (χ1n) is 19.5. The number of allylic oxidation sites excluding steroid dienone is 1. The van der Waals surface area contributed by atoms with Crippen LogP contribution in [0.25, 0.3) is 0 Å². The number of benzene rings is 2. The van der Waals surface area contributed by atoms with E-state index in [1.54, 1.807) is 20.1 Å². The number of ether oxygens (including phenoxy) is 3. The van der Waals surface area contributed by atoms with Crippen LogP contribution in [0.4, 0.5) is 5.69 Å². The molecule has 290 valence electrons. The lowest BCUT2D eigenvalue weighted by atomic mass is 9.63. The summed E-state index contributed by atoms with van der Waals surface area (Å²) in [5.74, 6) is 0.466. The summed E-state index contributed by atoms with van der Waals surface area (Å²) < 4.78 is 48.3. The van der Waals surface area contributed by atoms with E-state index in [1.165, 1.54) is 11.1 Å². The molecule has 6 atom stereocenters. The van der Waals surface area contributed by atoms with E-state index in [4.69, 9.17) is 25.8 Å². The summed E-state index contributed by atoms with van der Waals surface area (Å²) in [5.41, 5.74) is 2.88. The Morgan fingerprint density at radius 1 is 1.04 bits per heavy atom. The Kier molecular flexibility index (Phi) is 11.5. The molecular formula is C41H57ClN4O6S. The van der Waals surface area contributed by atoms with Crippen molar-refractivity contribution in [3.63, 3.8) is 0 Å². The van der Waals surface area contributed by atoms with Gasteiger partial charge in [-0.3, -0.25) is 14.6 Å². The van der Waals surface area contributed by atoms with Crippen LogP contribution in [0, 0.1) is 17.8 Å². The molecule has 2 aliphatic carbocycles. The second kappa shape index (κ2) is 15.8. The third-order valence-electron chi connectivity index (χ3n) is 13.2. The molecular weight excluding hydrogens is 712 g/mol. The lowest BCUT2D eigenvalue weighted by molar-refractivity contribution is -0.0957. The molecule has 3 heterocycles. The van der Waals surface area contributed by atoms with E-state index in [2.05, 4.69) is 43.7 Å². The number of halogens is 1. The molecule has 2 aromatic carbocycles. The Labute approximate surface area is 321 Å². The molecule has 1 saturated heterocycles. The van der Waals surface area contributed by atoms with Gasteiger partial charge >= 0.3 is 0 Å². The van der Waals surface area contributed by atoms with Gasteiger partial charge in [0.2, 0.25) is 10.0 Å². The second-order valence-corrected chi connectivity index (χ2v) is 18.8. The van der Waals surface area contributed by atoms with Gasteiger partial charge in [0.25, 0.3) is 5.91 Å². The number of hydrogen-bond acceptors (Lipinski definition) is 9. The summed E-state index contributed by atoms with van der Waals surface area (Å²) in [4.78, 5) is 21.1. The number of anilines is 1. The summed E-state index contributed by atoms with van der Waals surface area (Å²) >= 11 is 6.50. The number of carbonyl (C=O) groups is 1.